The fourth-order valence-electron chi connectivity index (χ4n) is 2.20. The standard InChI is InChI=1S/C17H24N2O2S2/c1-17(2,3)19-14(20)11-18-15(21)12-5-7-13(8-6-12)16-22-9-4-10-23-16/h5-8,16H,4,9-11H2,1-3H3,(H,18,21)(H,19,20). The lowest BCUT2D eigenvalue weighted by Gasteiger charge is -2.21. The normalized spacial score (nSPS) is 16.0. The molecule has 0 unspecified atom stereocenters. The van der Waals surface area contributed by atoms with Crippen LogP contribution < -0.4 is 10.6 Å². The van der Waals surface area contributed by atoms with E-state index in [0.29, 0.717) is 10.1 Å². The number of thioether (sulfide) groups is 2. The Bertz CT molecular complexity index is 547. The zero-order chi connectivity index (χ0) is 16.9. The minimum atomic E-state index is -0.293. The van der Waals surface area contributed by atoms with Crippen LogP contribution in [-0.2, 0) is 4.79 Å². The number of hydrogen-bond donors (Lipinski definition) is 2. The van der Waals surface area contributed by atoms with E-state index in [1.807, 2.05) is 68.6 Å². The Kier molecular flexibility index (Phi) is 6.41. The zero-order valence-corrected chi connectivity index (χ0v) is 15.5. The molecule has 6 heteroatoms. The maximum absolute atomic E-state index is 12.1. The lowest BCUT2D eigenvalue weighted by atomic mass is 10.1. The predicted molar refractivity (Wildman–Crippen MR) is 98.9 cm³/mol. The predicted octanol–water partition coefficient (Wildman–Crippen LogP) is 3.20. The number of nitrogens with one attached hydrogen (secondary N) is 2. The lowest BCUT2D eigenvalue weighted by molar-refractivity contribution is -0.121. The summed E-state index contributed by atoms with van der Waals surface area (Å²) in [5.41, 5.74) is 1.54. The maximum atomic E-state index is 12.1. The molecule has 0 spiro atoms. The summed E-state index contributed by atoms with van der Waals surface area (Å²) in [6.45, 7) is 5.72. The van der Waals surface area contributed by atoms with Crippen molar-refractivity contribution in [3.63, 3.8) is 0 Å². The number of hydrogen-bond acceptors (Lipinski definition) is 4. The molecule has 1 aliphatic rings. The highest BCUT2D eigenvalue weighted by Gasteiger charge is 2.17. The number of carbonyl (C=O) groups excluding carboxylic acids is 2. The summed E-state index contributed by atoms with van der Waals surface area (Å²) < 4.78 is 0.471. The minimum absolute atomic E-state index is 0.00775. The molecule has 1 aromatic carbocycles. The monoisotopic (exact) mass is 352 g/mol. The first-order valence-corrected chi connectivity index (χ1v) is 9.87. The largest absolute Gasteiger partial charge is 0.350 e. The van der Waals surface area contributed by atoms with Crippen molar-refractivity contribution in [1.29, 1.82) is 0 Å². The molecule has 2 N–H and O–H groups in total. The highest BCUT2D eigenvalue weighted by Crippen LogP contribution is 2.43. The first-order valence-electron chi connectivity index (χ1n) is 7.77. The van der Waals surface area contributed by atoms with Crippen LogP contribution in [0.5, 0.6) is 0 Å². The van der Waals surface area contributed by atoms with Crippen LogP contribution in [0.4, 0.5) is 0 Å². The number of carbonyl (C=O) groups is 2. The van der Waals surface area contributed by atoms with Gasteiger partial charge in [0.25, 0.3) is 5.91 Å². The van der Waals surface area contributed by atoms with Gasteiger partial charge in [-0.05, 0) is 56.4 Å². The van der Waals surface area contributed by atoms with Crippen LogP contribution in [0, 0.1) is 0 Å². The summed E-state index contributed by atoms with van der Waals surface area (Å²) in [4.78, 5) is 23.8. The fourth-order valence-corrected chi connectivity index (χ4v) is 5.09. The molecule has 0 aromatic heterocycles. The first-order chi connectivity index (χ1) is 10.8. The molecule has 0 atom stereocenters. The van der Waals surface area contributed by atoms with Crippen LogP contribution in [0.25, 0.3) is 0 Å². The summed E-state index contributed by atoms with van der Waals surface area (Å²) in [6.07, 6.45) is 1.27. The molecule has 1 aromatic rings. The van der Waals surface area contributed by atoms with Crippen molar-refractivity contribution in [3.05, 3.63) is 35.4 Å². The van der Waals surface area contributed by atoms with Gasteiger partial charge in [-0.2, -0.15) is 0 Å². The van der Waals surface area contributed by atoms with Crippen molar-refractivity contribution in [2.45, 2.75) is 37.3 Å². The molecule has 0 saturated carbocycles. The van der Waals surface area contributed by atoms with Crippen LogP contribution >= 0.6 is 23.5 Å². The molecular weight excluding hydrogens is 328 g/mol. The molecule has 4 nitrogen and oxygen atoms in total. The summed E-state index contributed by atoms with van der Waals surface area (Å²) in [7, 11) is 0. The van der Waals surface area contributed by atoms with E-state index in [9.17, 15) is 9.59 Å². The van der Waals surface area contributed by atoms with Crippen LogP contribution in [0.2, 0.25) is 0 Å². The summed E-state index contributed by atoms with van der Waals surface area (Å²) in [5.74, 6) is 1.99. The average Bonchev–Trinajstić information content (AvgIpc) is 2.52. The highest BCUT2D eigenvalue weighted by atomic mass is 32.2. The SMILES string of the molecule is CC(C)(C)NC(=O)CNC(=O)c1ccc(C2SCCCS2)cc1. The van der Waals surface area contributed by atoms with E-state index in [0.717, 1.165) is 0 Å². The Hall–Kier alpha value is -1.14. The Morgan fingerprint density at radius 1 is 1.13 bits per heavy atom. The lowest BCUT2D eigenvalue weighted by Crippen LogP contribution is -2.45. The molecule has 1 heterocycles. The van der Waals surface area contributed by atoms with Crippen molar-refractivity contribution in [2.24, 2.45) is 0 Å². The van der Waals surface area contributed by atoms with Crippen molar-refractivity contribution < 1.29 is 9.59 Å². The molecule has 0 aliphatic carbocycles. The Labute approximate surface area is 146 Å². The zero-order valence-electron chi connectivity index (χ0n) is 13.8. The summed E-state index contributed by atoms with van der Waals surface area (Å²) in [6, 6.07) is 7.70. The van der Waals surface area contributed by atoms with Gasteiger partial charge in [0.2, 0.25) is 5.91 Å². The van der Waals surface area contributed by atoms with Crippen LogP contribution in [0.15, 0.2) is 24.3 Å². The Morgan fingerprint density at radius 3 is 2.30 bits per heavy atom. The van der Waals surface area contributed by atoms with Gasteiger partial charge in [-0.15, -0.1) is 23.5 Å². The van der Waals surface area contributed by atoms with Crippen molar-refractivity contribution in [1.82, 2.24) is 10.6 Å². The Balaban J connectivity index is 1.86. The Morgan fingerprint density at radius 2 is 1.74 bits per heavy atom. The van der Waals surface area contributed by atoms with E-state index in [1.165, 1.54) is 23.5 Å². The molecule has 126 valence electrons. The van der Waals surface area contributed by atoms with Crippen molar-refractivity contribution in [3.8, 4) is 0 Å². The minimum Gasteiger partial charge on any atom is -0.350 e. The van der Waals surface area contributed by atoms with Gasteiger partial charge in [-0.1, -0.05) is 12.1 Å². The fraction of sp³-hybridized carbons (Fsp3) is 0.529. The van der Waals surface area contributed by atoms with Gasteiger partial charge in [-0.25, -0.2) is 0 Å². The smallest absolute Gasteiger partial charge is 0.251 e. The average molecular weight is 353 g/mol. The highest BCUT2D eigenvalue weighted by molar-refractivity contribution is 8.16. The van der Waals surface area contributed by atoms with Gasteiger partial charge >= 0.3 is 0 Å². The van der Waals surface area contributed by atoms with E-state index in [4.69, 9.17) is 0 Å². The van der Waals surface area contributed by atoms with Gasteiger partial charge in [-0.3, -0.25) is 9.59 Å². The molecule has 0 radical (unpaired) electrons. The van der Waals surface area contributed by atoms with Crippen molar-refractivity contribution in [2.75, 3.05) is 18.1 Å². The van der Waals surface area contributed by atoms with E-state index in [-0.39, 0.29) is 23.9 Å². The van der Waals surface area contributed by atoms with Crippen molar-refractivity contribution >= 4 is 35.3 Å². The van der Waals surface area contributed by atoms with Crippen LogP contribution in [-0.4, -0.2) is 35.4 Å². The van der Waals surface area contributed by atoms with Gasteiger partial charge in [0.05, 0.1) is 11.1 Å². The summed E-state index contributed by atoms with van der Waals surface area (Å²) in [5, 5.41) is 5.48. The van der Waals surface area contributed by atoms with Gasteiger partial charge in [0.1, 0.15) is 0 Å². The van der Waals surface area contributed by atoms with E-state index < -0.39 is 0 Å². The van der Waals surface area contributed by atoms with E-state index in [1.54, 1.807) is 0 Å². The van der Waals surface area contributed by atoms with Gasteiger partial charge < -0.3 is 10.6 Å². The van der Waals surface area contributed by atoms with E-state index in [2.05, 4.69) is 10.6 Å². The van der Waals surface area contributed by atoms with Gasteiger partial charge in [0, 0.05) is 11.1 Å². The first kappa shape index (κ1) is 18.2. The second kappa shape index (κ2) is 8.11. The second-order valence-corrected chi connectivity index (χ2v) is 9.25. The maximum Gasteiger partial charge on any atom is 0.251 e. The molecule has 1 saturated heterocycles. The molecule has 0 bridgehead atoms. The molecule has 2 rings (SSSR count). The quantitative estimate of drug-likeness (QED) is 0.874. The number of benzene rings is 1. The molecule has 23 heavy (non-hydrogen) atoms. The third-order valence-electron chi connectivity index (χ3n) is 3.20. The third kappa shape index (κ3) is 6.11. The molecule has 1 aliphatic heterocycles. The number of amides is 2. The second-order valence-electron chi connectivity index (χ2n) is 6.53. The molecule has 1 fully saturated rings. The van der Waals surface area contributed by atoms with Crippen LogP contribution in [0.3, 0.4) is 0 Å². The topological polar surface area (TPSA) is 58.2 Å². The van der Waals surface area contributed by atoms with Gasteiger partial charge in [0.15, 0.2) is 0 Å². The molecule has 2 amide bonds. The third-order valence-corrected chi connectivity index (χ3v) is 6.21. The van der Waals surface area contributed by atoms with Crippen LogP contribution in [0.1, 0.15) is 47.7 Å². The summed E-state index contributed by atoms with van der Waals surface area (Å²) >= 11 is 3.92. The number of rotatable bonds is 4. The molecular formula is C17H24N2O2S2. The van der Waals surface area contributed by atoms with E-state index >= 15 is 0 Å².